The van der Waals surface area contributed by atoms with Crippen LogP contribution < -0.4 is 21.3 Å². The highest BCUT2D eigenvalue weighted by atomic mass is 16.4. The second kappa shape index (κ2) is 10.5. The average Bonchev–Trinajstić information content (AvgIpc) is 3.10. The Balaban J connectivity index is 2.62. The lowest BCUT2D eigenvalue weighted by Crippen LogP contribution is -2.55. The summed E-state index contributed by atoms with van der Waals surface area (Å²) in [6.07, 6.45) is 0.787. The molecule has 1 aliphatic heterocycles. The molecule has 0 saturated carbocycles. The van der Waals surface area contributed by atoms with Crippen molar-refractivity contribution in [3.63, 3.8) is 0 Å². The lowest BCUT2D eigenvalue weighted by molar-refractivity contribution is -0.144. The molecule has 0 aromatic carbocycles. The van der Waals surface area contributed by atoms with Crippen LogP contribution in [0.1, 0.15) is 33.1 Å². The van der Waals surface area contributed by atoms with E-state index in [0.717, 1.165) is 6.42 Å². The summed E-state index contributed by atoms with van der Waals surface area (Å²) in [7, 11) is 0. The number of carboxylic acids is 2. The summed E-state index contributed by atoms with van der Waals surface area (Å²) in [4.78, 5) is 58.2. The van der Waals surface area contributed by atoms with Gasteiger partial charge in [-0.05, 0) is 25.3 Å². The smallest absolute Gasteiger partial charge is 0.326 e. The van der Waals surface area contributed by atoms with E-state index in [0.29, 0.717) is 13.0 Å². The minimum atomic E-state index is -1.46. The number of hydrogen-bond donors (Lipinski definition) is 6. The van der Waals surface area contributed by atoms with Crippen LogP contribution in [-0.4, -0.2) is 71.1 Å². The first-order chi connectivity index (χ1) is 12.6. The standard InChI is InChI=1S/C16H26N4O7/c1-8(2)13(16(26)27)20-15(25)10(6-12(22)23)19-11(21)7-18-14(24)9-4-3-5-17-9/h8-10,13,17H,3-7H2,1-2H3,(H,18,24)(H,19,21)(H,20,25)(H,22,23)(H,26,27). The molecule has 1 saturated heterocycles. The monoisotopic (exact) mass is 386 g/mol. The van der Waals surface area contributed by atoms with Crippen molar-refractivity contribution in [3.05, 3.63) is 0 Å². The van der Waals surface area contributed by atoms with Crippen LogP contribution in [0.25, 0.3) is 0 Å². The van der Waals surface area contributed by atoms with Gasteiger partial charge >= 0.3 is 11.9 Å². The summed E-state index contributed by atoms with van der Waals surface area (Å²) in [5, 5.41) is 27.9. The molecule has 0 spiro atoms. The largest absolute Gasteiger partial charge is 0.481 e. The van der Waals surface area contributed by atoms with Crippen molar-refractivity contribution >= 4 is 29.7 Å². The zero-order chi connectivity index (χ0) is 20.6. The molecule has 3 amide bonds. The summed E-state index contributed by atoms with van der Waals surface area (Å²) in [5.41, 5.74) is 0. The zero-order valence-electron chi connectivity index (χ0n) is 15.3. The Morgan fingerprint density at radius 1 is 1.11 bits per heavy atom. The van der Waals surface area contributed by atoms with Gasteiger partial charge < -0.3 is 31.5 Å². The maximum Gasteiger partial charge on any atom is 0.326 e. The number of nitrogens with one attached hydrogen (secondary N) is 4. The van der Waals surface area contributed by atoms with Crippen molar-refractivity contribution in [2.75, 3.05) is 13.1 Å². The Labute approximate surface area is 156 Å². The molecule has 0 aromatic rings. The number of hydrogen-bond acceptors (Lipinski definition) is 6. The van der Waals surface area contributed by atoms with E-state index in [1.54, 1.807) is 13.8 Å². The molecule has 11 nitrogen and oxygen atoms in total. The maximum atomic E-state index is 12.2. The van der Waals surface area contributed by atoms with Gasteiger partial charge in [0.25, 0.3) is 0 Å². The van der Waals surface area contributed by atoms with Gasteiger partial charge in [-0.15, -0.1) is 0 Å². The van der Waals surface area contributed by atoms with Crippen LogP contribution in [0.2, 0.25) is 0 Å². The van der Waals surface area contributed by atoms with Crippen molar-refractivity contribution in [2.24, 2.45) is 5.92 Å². The van der Waals surface area contributed by atoms with Gasteiger partial charge in [0.05, 0.1) is 19.0 Å². The topological polar surface area (TPSA) is 174 Å². The van der Waals surface area contributed by atoms with Crippen molar-refractivity contribution in [2.45, 2.75) is 51.2 Å². The molecule has 1 rings (SSSR count). The average molecular weight is 386 g/mol. The highest BCUT2D eigenvalue weighted by molar-refractivity contribution is 5.94. The van der Waals surface area contributed by atoms with Crippen LogP contribution in [0.5, 0.6) is 0 Å². The van der Waals surface area contributed by atoms with Gasteiger partial charge in [-0.2, -0.15) is 0 Å². The van der Waals surface area contributed by atoms with Gasteiger partial charge in [0, 0.05) is 0 Å². The Hall–Kier alpha value is -2.69. The van der Waals surface area contributed by atoms with E-state index in [-0.39, 0.29) is 11.9 Å². The van der Waals surface area contributed by atoms with Gasteiger partial charge in [0.2, 0.25) is 17.7 Å². The molecule has 1 heterocycles. The van der Waals surface area contributed by atoms with Crippen LogP contribution in [0.15, 0.2) is 0 Å². The van der Waals surface area contributed by atoms with E-state index < -0.39 is 54.7 Å². The first-order valence-electron chi connectivity index (χ1n) is 8.67. The van der Waals surface area contributed by atoms with E-state index >= 15 is 0 Å². The normalized spacial score (nSPS) is 18.4. The van der Waals surface area contributed by atoms with Gasteiger partial charge in [-0.1, -0.05) is 13.8 Å². The molecule has 6 N–H and O–H groups in total. The third-order valence-corrected chi connectivity index (χ3v) is 4.06. The Morgan fingerprint density at radius 3 is 2.26 bits per heavy atom. The summed E-state index contributed by atoms with van der Waals surface area (Å²) in [5.74, 6) is -5.07. The molecule has 0 aromatic heterocycles. The number of rotatable bonds is 10. The van der Waals surface area contributed by atoms with Crippen molar-refractivity contribution in [1.82, 2.24) is 21.3 Å². The highest BCUT2D eigenvalue weighted by Crippen LogP contribution is 2.05. The van der Waals surface area contributed by atoms with Crippen molar-refractivity contribution < 1.29 is 34.2 Å². The van der Waals surface area contributed by atoms with Crippen molar-refractivity contribution in [1.29, 1.82) is 0 Å². The van der Waals surface area contributed by atoms with E-state index in [1.165, 1.54) is 0 Å². The van der Waals surface area contributed by atoms with Crippen LogP contribution >= 0.6 is 0 Å². The number of carbonyl (C=O) groups is 5. The molecule has 152 valence electrons. The van der Waals surface area contributed by atoms with Gasteiger partial charge in [-0.3, -0.25) is 19.2 Å². The van der Waals surface area contributed by atoms with E-state index in [4.69, 9.17) is 10.2 Å². The lowest BCUT2D eigenvalue weighted by atomic mass is 10.0. The molecule has 3 atom stereocenters. The molecule has 0 bridgehead atoms. The van der Waals surface area contributed by atoms with E-state index in [9.17, 15) is 24.0 Å². The summed E-state index contributed by atoms with van der Waals surface area (Å²) >= 11 is 0. The fraction of sp³-hybridized carbons (Fsp3) is 0.688. The van der Waals surface area contributed by atoms with Crippen LogP contribution in [0.3, 0.4) is 0 Å². The first-order valence-corrected chi connectivity index (χ1v) is 8.67. The van der Waals surface area contributed by atoms with Gasteiger partial charge in [-0.25, -0.2) is 4.79 Å². The number of amides is 3. The lowest BCUT2D eigenvalue weighted by Gasteiger charge is -2.22. The number of aliphatic carboxylic acids is 2. The molecule has 3 unspecified atom stereocenters. The third kappa shape index (κ3) is 7.60. The Kier molecular flexibility index (Phi) is 8.66. The summed E-state index contributed by atoms with van der Waals surface area (Å²) in [6, 6.07) is -3.06. The quantitative estimate of drug-likeness (QED) is 0.251. The van der Waals surface area contributed by atoms with Crippen molar-refractivity contribution in [3.8, 4) is 0 Å². The second-order valence-electron chi connectivity index (χ2n) is 6.65. The maximum absolute atomic E-state index is 12.2. The third-order valence-electron chi connectivity index (χ3n) is 4.06. The molecule has 1 fully saturated rings. The highest BCUT2D eigenvalue weighted by Gasteiger charge is 2.30. The second-order valence-corrected chi connectivity index (χ2v) is 6.65. The molecule has 11 heteroatoms. The minimum Gasteiger partial charge on any atom is -0.481 e. The SMILES string of the molecule is CC(C)C(NC(=O)C(CC(=O)O)NC(=O)CNC(=O)C1CCCN1)C(=O)O. The molecule has 0 aliphatic carbocycles. The predicted molar refractivity (Wildman–Crippen MR) is 92.6 cm³/mol. The summed E-state index contributed by atoms with van der Waals surface area (Å²) in [6.45, 7) is 3.45. The zero-order valence-corrected chi connectivity index (χ0v) is 15.3. The summed E-state index contributed by atoms with van der Waals surface area (Å²) < 4.78 is 0. The molecule has 1 aliphatic rings. The molecular weight excluding hydrogens is 360 g/mol. The minimum absolute atomic E-state index is 0.354. The predicted octanol–water partition coefficient (Wildman–Crippen LogP) is -1.96. The van der Waals surface area contributed by atoms with Crippen LogP contribution in [-0.2, 0) is 24.0 Å². The fourth-order valence-electron chi connectivity index (χ4n) is 2.60. The Bertz CT molecular complexity index is 587. The first kappa shape index (κ1) is 22.4. The molecular formula is C16H26N4O7. The van der Waals surface area contributed by atoms with E-state index in [1.807, 2.05) is 0 Å². The van der Waals surface area contributed by atoms with Gasteiger partial charge in [0.1, 0.15) is 12.1 Å². The van der Waals surface area contributed by atoms with E-state index in [2.05, 4.69) is 21.3 Å². The number of carbonyl (C=O) groups excluding carboxylic acids is 3. The van der Waals surface area contributed by atoms with Crippen LogP contribution in [0.4, 0.5) is 0 Å². The van der Waals surface area contributed by atoms with Gasteiger partial charge in [0.15, 0.2) is 0 Å². The Morgan fingerprint density at radius 2 is 1.78 bits per heavy atom. The fourth-order valence-corrected chi connectivity index (χ4v) is 2.60. The van der Waals surface area contributed by atoms with Crippen LogP contribution in [0, 0.1) is 5.92 Å². The number of carboxylic acid groups (broad SMARTS) is 2. The molecule has 27 heavy (non-hydrogen) atoms. The molecule has 0 radical (unpaired) electrons.